The van der Waals surface area contributed by atoms with Crippen LogP contribution in [0, 0.1) is 17.2 Å². The summed E-state index contributed by atoms with van der Waals surface area (Å²) in [6.45, 7) is 2.22. The summed E-state index contributed by atoms with van der Waals surface area (Å²) in [5.74, 6) is 3.53. The molecule has 1 aliphatic rings. The molecule has 2 heterocycles. The number of allylic oxidation sites excluding steroid dienone is 1. The van der Waals surface area contributed by atoms with Gasteiger partial charge in [0.05, 0.1) is 16.6 Å². The summed E-state index contributed by atoms with van der Waals surface area (Å²) in [5.41, 5.74) is 2.25. The lowest BCUT2D eigenvalue weighted by atomic mass is 10.2. The Bertz CT molecular complexity index is 877. The quantitative estimate of drug-likeness (QED) is 0.729. The first-order valence-electron chi connectivity index (χ1n) is 7.41. The van der Waals surface area contributed by atoms with Gasteiger partial charge < -0.3 is 9.40 Å². The van der Waals surface area contributed by atoms with Crippen LogP contribution in [0.4, 0.5) is 0 Å². The molecule has 108 valence electrons. The molecule has 1 N–H and O–H groups in total. The maximum Gasteiger partial charge on any atom is 0.149 e. The summed E-state index contributed by atoms with van der Waals surface area (Å²) < 4.78 is 5.84. The predicted octanol–water partition coefficient (Wildman–Crippen LogP) is 4.34. The molecule has 1 saturated carbocycles. The van der Waals surface area contributed by atoms with Crippen LogP contribution in [0.3, 0.4) is 0 Å². The molecule has 0 aliphatic heterocycles. The van der Waals surface area contributed by atoms with E-state index in [1.165, 1.54) is 6.42 Å². The molecule has 1 aliphatic carbocycles. The topological polar surface area (TPSA) is 65.6 Å². The molecule has 3 aromatic rings. The Labute approximate surface area is 128 Å². The average molecular weight is 289 g/mol. The number of nitrogens with one attached hydrogen (secondary N) is 1. The average Bonchev–Trinajstić information content (AvgIpc) is 2.94. The van der Waals surface area contributed by atoms with E-state index in [0.29, 0.717) is 29.0 Å². The second kappa shape index (κ2) is 4.88. The maximum atomic E-state index is 9.42. The van der Waals surface area contributed by atoms with Crippen molar-refractivity contribution in [3.05, 3.63) is 53.7 Å². The SMILES string of the molecule is CC1CC1c1ccc(/C=C(\C#N)c2nc3ccccc3[nH]2)o1. The van der Waals surface area contributed by atoms with E-state index in [1.54, 1.807) is 6.08 Å². The van der Waals surface area contributed by atoms with Gasteiger partial charge in [-0.2, -0.15) is 5.26 Å². The van der Waals surface area contributed by atoms with E-state index in [4.69, 9.17) is 4.42 Å². The lowest BCUT2D eigenvalue weighted by molar-refractivity contribution is 0.498. The van der Waals surface area contributed by atoms with Gasteiger partial charge in [-0.1, -0.05) is 19.1 Å². The second-order valence-electron chi connectivity index (χ2n) is 5.83. The Morgan fingerprint density at radius 2 is 2.18 bits per heavy atom. The number of H-pyrrole nitrogens is 1. The molecule has 1 fully saturated rings. The Balaban J connectivity index is 1.68. The molecule has 4 nitrogen and oxygen atoms in total. The number of aromatic nitrogens is 2. The van der Waals surface area contributed by atoms with Gasteiger partial charge in [-0.15, -0.1) is 0 Å². The highest BCUT2D eigenvalue weighted by Gasteiger charge is 2.36. The van der Waals surface area contributed by atoms with Crippen molar-refractivity contribution >= 4 is 22.7 Å². The molecule has 4 heteroatoms. The summed E-state index contributed by atoms with van der Waals surface area (Å²) in [6, 6.07) is 13.9. The number of hydrogen-bond acceptors (Lipinski definition) is 3. The van der Waals surface area contributed by atoms with Gasteiger partial charge in [0, 0.05) is 12.0 Å². The number of aromatic amines is 1. The standard InChI is InChI=1S/C18H15N3O/c1-11-8-14(11)17-7-6-13(22-17)9-12(10-19)18-20-15-4-2-3-5-16(15)21-18/h2-7,9,11,14H,8H2,1H3,(H,20,21)/b12-9+. The summed E-state index contributed by atoms with van der Waals surface area (Å²) in [6.07, 6.45) is 2.93. The summed E-state index contributed by atoms with van der Waals surface area (Å²) in [7, 11) is 0. The van der Waals surface area contributed by atoms with Crippen LogP contribution in [-0.2, 0) is 0 Å². The lowest BCUT2D eigenvalue weighted by Crippen LogP contribution is -1.84. The van der Waals surface area contributed by atoms with Crippen LogP contribution in [0.5, 0.6) is 0 Å². The van der Waals surface area contributed by atoms with Crippen LogP contribution in [0.1, 0.15) is 36.6 Å². The Morgan fingerprint density at radius 1 is 1.36 bits per heavy atom. The van der Waals surface area contributed by atoms with E-state index in [-0.39, 0.29) is 0 Å². The van der Waals surface area contributed by atoms with Crippen molar-refractivity contribution in [2.24, 2.45) is 5.92 Å². The van der Waals surface area contributed by atoms with Crippen molar-refractivity contribution < 1.29 is 4.42 Å². The van der Waals surface area contributed by atoms with Crippen molar-refractivity contribution in [2.45, 2.75) is 19.3 Å². The van der Waals surface area contributed by atoms with Crippen LogP contribution in [-0.4, -0.2) is 9.97 Å². The van der Waals surface area contributed by atoms with Gasteiger partial charge in [0.2, 0.25) is 0 Å². The minimum atomic E-state index is 0.473. The van der Waals surface area contributed by atoms with E-state index in [0.717, 1.165) is 16.8 Å². The third kappa shape index (κ3) is 2.21. The molecule has 0 bridgehead atoms. The minimum absolute atomic E-state index is 0.473. The van der Waals surface area contributed by atoms with Gasteiger partial charge in [-0.25, -0.2) is 4.98 Å². The van der Waals surface area contributed by atoms with Crippen molar-refractivity contribution in [3.8, 4) is 6.07 Å². The molecule has 22 heavy (non-hydrogen) atoms. The number of imidazole rings is 1. The molecule has 0 radical (unpaired) electrons. The van der Waals surface area contributed by atoms with Gasteiger partial charge in [-0.05, 0) is 36.6 Å². The molecule has 2 aromatic heterocycles. The van der Waals surface area contributed by atoms with Crippen LogP contribution in [0.25, 0.3) is 22.7 Å². The summed E-state index contributed by atoms with van der Waals surface area (Å²) in [4.78, 5) is 7.63. The first-order chi connectivity index (χ1) is 10.7. The number of fused-ring (bicyclic) bond motifs is 1. The highest BCUT2D eigenvalue weighted by Crippen LogP contribution is 2.47. The Kier molecular flexibility index (Phi) is 2.87. The third-order valence-electron chi connectivity index (χ3n) is 4.17. The van der Waals surface area contributed by atoms with Crippen LogP contribution in [0.2, 0.25) is 0 Å². The summed E-state index contributed by atoms with van der Waals surface area (Å²) in [5, 5.41) is 9.42. The van der Waals surface area contributed by atoms with E-state index in [9.17, 15) is 5.26 Å². The molecular formula is C18H15N3O. The van der Waals surface area contributed by atoms with Crippen molar-refractivity contribution in [1.82, 2.24) is 9.97 Å². The molecule has 0 spiro atoms. The number of para-hydroxylation sites is 2. The van der Waals surface area contributed by atoms with Crippen molar-refractivity contribution in [1.29, 1.82) is 5.26 Å². The first-order valence-corrected chi connectivity index (χ1v) is 7.41. The second-order valence-corrected chi connectivity index (χ2v) is 5.83. The fourth-order valence-corrected chi connectivity index (χ4v) is 2.74. The van der Waals surface area contributed by atoms with Gasteiger partial charge >= 0.3 is 0 Å². The summed E-state index contributed by atoms with van der Waals surface area (Å²) >= 11 is 0. The monoisotopic (exact) mass is 289 g/mol. The number of nitriles is 1. The predicted molar refractivity (Wildman–Crippen MR) is 84.8 cm³/mol. The number of furan rings is 1. The van der Waals surface area contributed by atoms with Gasteiger partial charge in [0.1, 0.15) is 23.4 Å². The van der Waals surface area contributed by atoms with E-state index in [2.05, 4.69) is 23.0 Å². The zero-order valence-corrected chi connectivity index (χ0v) is 12.2. The number of rotatable bonds is 3. The zero-order chi connectivity index (χ0) is 15.1. The fourth-order valence-electron chi connectivity index (χ4n) is 2.74. The van der Waals surface area contributed by atoms with E-state index < -0.39 is 0 Å². The third-order valence-corrected chi connectivity index (χ3v) is 4.17. The van der Waals surface area contributed by atoms with Crippen LogP contribution >= 0.6 is 0 Å². The Hall–Kier alpha value is -2.80. The van der Waals surface area contributed by atoms with Crippen LogP contribution in [0.15, 0.2) is 40.8 Å². The van der Waals surface area contributed by atoms with E-state index in [1.807, 2.05) is 36.4 Å². The van der Waals surface area contributed by atoms with Gasteiger partial charge in [0.15, 0.2) is 0 Å². The molecular weight excluding hydrogens is 274 g/mol. The molecule has 0 saturated heterocycles. The zero-order valence-electron chi connectivity index (χ0n) is 12.2. The van der Waals surface area contributed by atoms with Crippen molar-refractivity contribution in [3.63, 3.8) is 0 Å². The Morgan fingerprint density at radius 3 is 2.91 bits per heavy atom. The number of nitrogens with zero attached hydrogens (tertiary/aromatic N) is 2. The highest BCUT2D eigenvalue weighted by molar-refractivity contribution is 5.89. The van der Waals surface area contributed by atoms with Crippen LogP contribution < -0.4 is 0 Å². The number of hydrogen-bond donors (Lipinski definition) is 1. The molecule has 0 amide bonds. The van der Waals surface area contributed by atoms with Gasteiger partial charge in [-0.3, -0.25) is 0 Å². The smallest absolute Gasteiger partial charge is 0.149 e. The maximum absolute atomic E-state index is 9.42. The lowest BCUT2D eigenvalue weighted by Gasteiger charge is -1.93. The van der Waals surface area contributed by atoms with Gasteiger partial charge in [0.25, 0.3) is 0 Å². The largest absolute Gasteiger partial charge is 0.461 e. The fraction of sp³-hybridized carbons (Fsp3) is 0.222. The molecule has 2 unspecified atom stereocenters. The number of benzene rings is 1. The highest BCUT2D eigenvalue weighted by atomic mass is 16.3. The van der Waals surface area contributed by atoms with E-state index >= 15 is 0 Å². The molecule has 4 rings (SSSR count). The molecule has 1 aromatic carbocycles. The van der Waals surface area contributed by atoms with Crippen molar-refractivity contribution in [2.75, 3.05) is 0 Å². The normalized spacial score (nSPS) is 21.0. The molecule has 2 atom stereocenters. The minimum Gasteiger partial charge on any atom is -0.461 e. The first kappa shape index (κ1) is 12.9.